The van der Waals surface area contributed by atoms with Gasteiger partial charge in [-0.3, -0.25) is 4.40 Å². The highest BCUT2D eigenvalue weighted by Crippen LogP contribution is 2.40. The van der Waals surface area contributed by atoms with Gasteiger partial charge in [0.2, 0.25) is 0 Å². The molecule has 0 amide bonds. The van der Waals surface area contributed by atoms with Crippen LogP contribution in [0.15, 0.2) is 42.6 Å². The van der Waals surface area contributed by atoms with E-state index in [4.69, 9.17) is 0 Å². The molecule has 108 valence electrons. The molecule has 0 saturated carbocycles. The summed E-state index contributed by atoms with van der Waals surface area (Å²) in [6, 6.07) is 8.18. The summed E-state index contributed by atoms with van der Waals surface area (Å²) in [6.45, 7) is 0. The molecule has 0 atom stereocenters. The van der Waals surface area contributed by atoms with Gasteiger partial charge in [-0.15, -0.1) is 0 Å². The first kappa shape index (κ1) is 13.3. The minimum absolute atomic E-state index is 0.0204. The van der Waals surface area contributed by atoms with E-state index >= 15 is 0 Å². The second-order valence-corrected chi connectivity index (χ2v) is 4.44. The number of imidazole rings is 1. The molecule has 21 heavy (non-hydrogen) atoms. The number of nitrogens with zero attached hydrogens (tertiary/aromatic N) is 2. The minimum Gasteiger partial charge on any atom is -0.507 e. The summed E-state index contributed by atoms with van der Waals surface area (Å²) in [5.41, 5.74) is -1.42. The maximum absolute atomic E-state index is 13.3. The Kier molecular flexibility index (Phi) is 2.79. The lowest BCUT2D eigenvalue weighted by molar-refractivity contribution is -0.141. The summed E-state index contributed by atoms with van der Waals surface area (Å²) >= 11 is 0. The third-order valence-electron chi connectivity index (χ3n) is 3.03. The van der Waals surface area contributed by atoms with Crippen molar-refractivity contribution in [2.24, 2.45) is 0 Å². The van der Waals surface area contributed by atoms with Gasteiger partial charge in [0.1, 0.15) is 22.8 Å². The van der Waals surface area contributed by atoms with Gasteiger partial charge in [-0.25, -0.2) is 4.98 Å². The predicted octanol–water partition coefficient (Wildman–Crippen LogP) is 3.43. The van der Waals surface area contributed by atoms with Gasteiger partial charge in [0.15, 0.2) is 5.69 Å². The number of para-hydroxylation sites is 1. The van der Waals surface area contributed by atoms with Crippen LogP contribution < -0.4 is 0 Å². The van der Waals surface area contributed by atoms with Crippen LogP contribution in [0.25, 0.3) is 16.9 Å². The van der Waals surface area contributed by atoms with E-state index in [0.717, 1.165) is 10.6 Å². The van der Waals surface area contributed by atoms with Crippen LogP contribution in [0.3, 0.4) is 0 Å². The quantitative estimate of drug-likeness (QED) is 0.723. The summed E-state index contributed by atoms with van der Waals surface area (Å²) in [5, 5.41) is 19.2. The number of aromatic hydroxyl groups is 2. The molecular formula is C14H9F3N2O2. The fourth-order valence-electron chi connectivity index (χ4n) is 2.17. The highest BCUT2D eigenvalue weighted by Gasteiger charge is 2.39. The monoisotopic (exact) mass is 294 g/mol. The van der Waals surface area contributed by atoms with Gasteiger partial charge in [0, 0.05) is 5.56 Å². The van der Waals surface area contributed by atoms with E-state index in [1.165, 1.54) is 36.4 Å². The number of alkyl halides is 3. The Morgan fingerprint density at radius 1 is 1.00 bits per heavy atom. The van der Waals surface area contributed by atoms with E-state index in [9.17, 15) is 23.4 Å². The minimum atomic E-state index is -4.69. The third-order valence-corrected chi connectivity index (χ3v) is 3.03. The van der Waals surface area contributed by atoms with Gasteiger partial charge >= 0.3 is 6.18 Å². The number of hydrogen-bond donors (Lipinski definition) is 2. The average Bonchev–Trinajstić information content (AvgIpc) is 2.77. The molecule has 2 heterocycles. The Morgan fingerprint density at radius 2 is 1.71 bits per heavy atom. The maximum atomic E-state index is 13.3. The van der Waals surface area contributed by atoms with Gasteiger partial charge in [0.25, 0.3) is 0 Å². The lowest BCUT2D eigenvalue weighted by atomic mass is 10.1. The van der Waals surface area contributed by atoms with E-state index in [-0.39, 0.29) is 28.4 Å². The molecule has 1 aromatic carbocycles. The van der Waals surface area contributed by atoms with Crippen LogP contribution in [0.4, 0.5) is 13.2 Å². The van der Waals surface area contributed by atoms with Crippen molar-refractivity contribution in [1.29, 1.82) is 0 Å². The molecule has 7 heteroatoms. The largest absolute Gasteiger partial charge is 0.507 e. The number of phenolic OH excluding ortho intramolecular Hbond substituents is 1. The first-order chi connectivity index (χ1) is 9.88. The summed E-state index contributed by atoms with van der Waals surface area (Å²) in [6.07, 6.45) is -3.75. The summed E-state index contributed by atoms with van der Waals surface area (Å²) in [5.74, 6) is -0.607. The summed E-state index contributed by atoms with van der Waals surface area (Å²) in [7, 11) is 0. The molecule has 2 N–H and O–H groups in total. The van der Waals surface area contributed by atoms with Gasteiger partial charge in [-0.05, 0) is 24.3 Å². The number of aromatic nitrogens is 2. The van der Waals surface area contributed by atoms with Crippen LogP contribution in [0, 0.1) is 0 Å². The first-order valence-corrected chi connectivity index (χ1v) is 5.94. The lowest BCUT2D eigenvalue weighted by Crippen LogP contribution is -2.10. The van der Waals surface area contributed by atoms with Crippen molar-refractivity contribution in [2.45, 2.75) is 6.18 Å². The van der Waals surface area contributed by atoms with Gasteiger partial charge in [0.05, 0.1) is 6.20 Å². The molecule has 0 saturated heterocycles. The van der Waals surface area contributed by atoms with Crippen LogP contribution in [0.2, 0.25) is 0 Å². The molecule has 0 radical (unpaired) electrons. The average molecular weight is 294 g/mol. The molecule has 0 aliphatic carbocycles. The smallest absolute Gasteiger partial charge is 0.433 e. The molecule has 0 aliphatic rings. The van der Waals surface area contributed by atoms with Crippen molar-refractivity contribution in [3.63, 3.8) is 0 Å². The standard InChI is InChI=1S/C14H9F3N2O2/c15-14(16,17)13-12(9-3-1-2-4-10(9)21)18-11-6-5-8(20)7-19(11)13/h1-7,20-21H. The zero-order chi connectivity index (χ0) is 15.2. The number of benzene rings is 1. The summed E-state index contributed by atoms with van der Waals surface area (Å²) in [4.78, 5) is 3.92. The second kappa shape index (κ2) is 4.41. The van der Waals surface area contributed by atoms with Gasteiger partial charge < -0.3 is 10.2 Å². The van der Waals surface area contributed by atoms with Crippen molar-refractivity contribution in [3.8, 4) is 22.8 Å². The molecule has 2 aromatic heterocycles. The van der Waals surface area contributed by atoms with Crippen molar-refractivity contribution in [2.75, 3.05) is 0 Å². The van der Waals surface area contributed by atoms with Gasteiger partial charge in [-0.1, -0.05) is 12.1 Å². The molecule has 0 unspecified atom stereocenters. The lowest BCUT2D eigenvalue weighted by Gasteiger charge is -2.10. The Morgan fingerprint density at radius 3 is 2.38 bits per heavy atom. The summed E-state index contributed by atoms with van der Waals surface area (Å²) < 4.78 is 40.8. The van der Waals surface area contributed by atoms with Crippen molar-refractivity contribution < 1.29 is 23.4 Å². The highest BCUT2D eigenvalue weighted by molar-refractivity contribution is 5.72. The number of halogens is 3. The number of hydrogen-bond acceptors (Lipinski definition) is 3. The van der Waals surface area contributed by atoms with Crippen LogP contribution in [-0.4, -0.2) is 19.6 Å². The number of fused-ring (bicyclic) bond motifs is 1. The molecular weight excluding hydrogens is 285 g/mol. The highest BCUT2D eigenvalue weighted by atomic mass is 19.4. The Labute approximate surface area is 116 Å². The van der Waals surface area contributed by atoms with Crippen molar-refractivity contribution in [1.82, 2.24) is 9.38 Å². The molecule has 0 fully saturated rings. The van der Waals surface area contributed by atoms with E-state index in [1.807, 2.05) is 0 Å². The Balaban J connectivity index is 2.40. The fraction of sp³-hybridized carbons (Fsp3) is 0.0714. The first-order valence-electron chi connectivity index (χ1n) is 5.94. The van der Waals surface area contributed by atoms with E-state index in [2.05, 4.69) is 4.98 Å². The zero-order valence-corrected chi connectivity index (χ0v) is 10.5. The fourth-order valence-corrected chi connectivity index (χ4v) is 2.17. The van der Waals surface area contributed by atoms with Crippen LogP contribution >= 0.6 is 0 Å². The van der Waals surface area contributed by atoms with Gasteiger partial charge in [-0.2, -0.15) is 13.2 Å². The van der Waals surface area contributed by atoms with Crippen LogP contribution in [-0.2, 0) is 6.18 Å². The Bertz CT molecular complexity index is 825. The predicted molar refractivity (Wildman–Crippen MR) is 69.0 cm³/mol. The third kappa shape index (κ3) is 2.16. The van der Waals surface area contributed by atoms with E-state index in [0.29, 0.717) is 0 Å². The maximum Gasteiger partial charge on any atom is 0.433 e. The molecule has 4 nitrogen and oxygen atoms in total. The number of pyridine rings is 1. The number of phenols is 1. The Hall–Kier alpha value is -2.70. The van der Waals surface area contributed by atoms with Crippen LogP contribution in [0.1, 0.15) is 5.69 Å². The van der Waals surface area contributed by atoms with E-state index in [1.54, 1.807) is 0 Å². The second-order valence-electron chi connectivity index (χ2n) is 4.44. The zero-order valence-electron chi connectivity index (χ0n) is 10.5. The molecule has 0 aliphatic heterocycles. The number of rotatable bonds is 1. The van der Waals surface area contributed by atoms with Crippen LogP contribution in [0.5, 0.6) is 11.5 Å². The molecule has 3 rings (SSSR count). The topological polar surface area (TPSA) is 57.8 Å². The molecule has 3 aromatic rings. The molecule has 0 spiro atoms. The normalized spacial score (nSPS) is 12.0. The van der Waals surface area contributed by atoms with Crippen molar-refractivity contribution >= 4 is 5.65 Å². The molecule has 0 bridgehead atoms. The SMILES string of the molecule is Oc1ccc2nc(-c3ccccc3O)c(C(F)(F)F)n2c1. The van der Waals surface area contributed by atoms with E-state index < -0.39 is 11.9 Å². The van der Waals surface area contributed by atoms with Crippen molar-refractivity contribution in [3.05, 3.63) is 48.3 Å².